The molecule has 0 fully saturated rings. The molecule has 1 atom stereocenters. The minimum Gasteiger partial charge on any atom is -0.482 e. The lowest BCUT2D eigenvalue weighted by molar-refractivity contribution is -0.135. The van der Waals surface area contributed by atoms with Crippen LogP contribution in [0.15, 0.2) is 66.0 Å². The third kappa shape index (κ3) is 3.35. The molecule has 0 aliphatic carbocycles. The van der Waals surface area contributed by atoms with Gasteiger partial charge in [-0.15, -0.1) is 11.3 Å². The number of carbonyl (C=O) groups excluding carboxylic acids is 1. The van der Waals surface area contributed by atoms with Crippen molar-refractivity contribution in [3.63, 3.8) is 0 Å². The summed E-state index contributed by atoms with van der Waals surface area (Å²) in [6.45, 7) is 0.671. The normalized spacial score (nSPS) is 16.2. The second kappa shape index (κ2) is 7.52. The molecule has 1 aromatic heterocycles. The Hall–Kier alpha value is -2.30. The summed E-state index contributed by atoms with van der Waals surface area (Å²) < 4.78 is 5.68. The summed E-state index contributed by atoms with van der Waals surface area (Å²) in [6, 6.07) is 19.5. The topological polar surface area (TPSA) is 29.5 Å². The second-order valence-electron chi connectivity index (χ2n) is 6.17. The van der Waals surface area contributed by atoms with Gasteiger partial charge in [0.1, 0.15) is 5.75 Å². The van der Waals surface area contributed by atoms with E-state index < -0.39 is 0 Å². The van der Waals surface area contributed by atoms with Gasteiger partial charge in [-0.25, -0.2) is 0 Å². The van der Waals surface area contributed by atoms with E-state index >= 15 is 0 Å². The van der Waals surface area contributed by atoms with Crippen LogP contribution in [0, 0.1) is 0 Å². The molecule has 0 spiro atoms. The van der Waals surface area contributed by atoms with Gasteiger partial charge in [0.05, 0.1) is 11.1 Å². The Morgan fingerprint density at radius 2 is 1.88 bits per heavy atom. The van der Waals surface area contributed by atoms with E-state index in [1.54, 1.807) is 23.5 Å². The molecule has 1 amide bonds. The van der Waals surface area contributed by atoms with Crippen LogP contribution in [0.1, 0.15) is 22.0 Å². The maximum Gasteiger partial charge on any atom is 0.261 e. The Labute approximate surface area is 161 Å². The third-order valence-electron chi connectivity index (χ3n) is 4.59. The van der Waals surface area contributed by atoms with Gasteiger partial charge >= 0.3 is 0 Å². The maximum atomic E-state index is 13.0. The zero-order valence-corrected chi connectivity index (χ0v) is 15.7. The van der Waals surface area contributed by atoms with Crippen molar-refractivity contribution in [3.8, 4) is 5.75 Å². The zero-order valence-electron chi connectivity index (χ0n) is 14.1. The van der Waals surface area contributed by atoms with Gasteiger partial charge in [-0.3, -0.25) is 4.79 Å². The van der Waals surface area contributed by atoms with Crippen molar-refractivity contribution in [3.05, 3.63) is 87.1 Å². The summed E-state index contributed by atoms with van der Waals surface area (Å²) in [5, 5.41) is 2.62. The molecule has 0 saturated carbocycles. The summed E-state index contributed by atoms with van der Waals surface area (Å²) in [5.41, 5.74) is 2.34. The number of amides is 1. The van der Waals surface area contributed by atoms with E-state index in [-0.39, 0.29) is 18.6 Å². The summed E-state index contributed by atoms with van der Waals surface area (Å²) in [7, 11) is 0. The molecule has 0 bridgehead atoms. The number of hydrogen-bond donors (Lipinski definition) is 0. The van der Waals surface area contributed by atoms with Gasteiger partial charge in [-0.1, -0.05) is 54.1 Å². The highest BCUT2D eigenvalue weighted by atomic mass is 35.5. The van der Waals surface area contributed by atoms with E-state index in [1.807, 2.05) is 35.2 Å². The number of halogens is 1. The fourth-order valence-corrected chi connectivity index (χ4v) is 4.46. The fourth-order valence-electron chi connectivity index (χ4n) is 3.36. The molecule has 2 aromatic carbocycles. The SMILES string of the molecule is O=C(COc1ccccc1Cl)N1CCc2sccc2[C@@H]1c1ccccc1. The lowest BCUT2D eigenvalue weighted by Crippen LogP contribution is -2.42. The van der Waals surface area contributed by atoms with E-state index in [0.29, 0.717) is 17.3 Å². The third-order valence-corrected chi connectivity index (χ3v) is 5.90. The number of hydrogen-bond acceptors (Lipinski definition) is 3. The van der Waals surface area contributed by atoms with Gasteiger partial charge < -0.3 is 9.64 Å². The maximum absolute atomic E-state index is 13.0. The molecule has 3 nitrogen and oxygen atoms in total. The standard InChI is InChI=1S/C21H18ClNO2S/c22-17-8-4-5-9-18(17)25-14-20(24)23-12-10-19-16(11-13-26-19)21(23)15-6-2-1-3-7-15/h1-9,11,13,21H,10,12,14H2/t21-/m0/s1. The molecule has 1 aliphatic heterocycles. The van der Waals surface area contributed by atoms with Gasteiger partial charge in [0.2, 0.25) is 0 Å². The summed E-state index contributed by atoms with van der Waals surface area (Å²) in [4.78, 5) is 16.2. The lowest BCUT2D eigenvalue weighted by Gasteiger charge is -2.36. The van der Waals surface area contributed by atoms with Crippen molar-refractivity contribution >= 4 is 28.8 Å². The molecule has 4 rings (SSSR count). The summed E-state index contributed by atoms with van der Waals surface area (Å²) in [5.74, 6) is 0.502. The Balaban J connectivity index is 1.58. The predicted molar refractivity (Wildman–Crippen MR) is 105 cm³/mol. The van der Waals surface area contributed by atoms with Crippen LogP contribution in [0.4, 0.5) is 0 Å². The number of carbonyl (C=O) groups is 1. The number of benzene rings is 2. The van der Waals surface area contributed by atoms with E-state index in [1.165, 1.54) is 10.4 Å². The number of fused-ring (bicyclic) bond motifs is 1. The minimum absolute atomic E-state index is 0.0213. The Bertz CT molecular complexity index is 909. The number of nitrogens with zero attached hydrogens (tertiary/aromatic N) is 1. The van der Waals surface area contributed by atoms with Crippen LogP contribution in [-0.2, 0) is 11.2 Å². The molecular weight excluding hydrogens is 366 g/mol. The second-order valence-corrected chi connectivity index (χ2v) is 7.58. The van der Waals surface area contributed by atoms with Gasteiger partial charge in [0.15, 0.2) is 6.61 Å². The smallest absolute Gasteiger partial charge is 0.261 e. The van der Waals surface area contributed by atoms with E-state index in [9.17, 15) is 4.79 Å². The van der Waals surface area contributed by atoms with Crippen molar-refractivity contribution in [1.29, 1.82) is 0 Å². The summed E-state index contributed by atoms with van der Waals surface area (Å²) >= 11 is 7.88. The van der Waals surface area contributed by atoms with Crippen LogP contribution in [0.5, 0.6) is 5.75 Å². The molecule has 132 valence electrons. The molecule has 0 N–H and O–H groups in total. The average molecular weight is 384 g/mol. The quantitative estimate of drug-likeness (QED) is 0.637. The first-order valence-corrected chi connectivity index (χ1v) is 9.78. The predicted octanol–water partition coefficient (Wildman–Crippen LogP) is 4.95. The van der Waals surface area contributed by atoms with Crippen molar-refractivity contribution in [2.75, 3.05) is 13.2 Å². The Morgan fingerprint density at radius 3 is 2.69 bits per heavy atom. The molecular formula is C21H18ClNO2S. The Kier molecular flexibility index (Phi) is 4.96. The van der Waals surface area contributed by atoms with Gasteiger partial charge in [-0.2, -0.15) is 0 Å². The molecule has 0 saturated heterocycles. The number of rotatable bonds is 4. The van der Waals surface area contributed by atoms with Gasteiger partial charge in [-0.05, 0) is 41.1 Å². The average Bonchev–Trinajstić information content (AvgIpc) is 3.16. The molecule has 0 unspecified atom stereocenters. The molecule has 26 heavy (non-hydrogen) atoms. The first kappa shape index (κ1) is 17.1. The largest absolute Gasteiger partial charge is 0.482 e. The number of ether oxygens (including phenoxy) is 1. The highest BCUT2D eigenvalue weighted by Crippen LogP contribution is 2.37. The lowest BCUT2D eigenvalue weighted by atomic mass is 9.93. The van der Waals surface area contributed by atoms with Crippen molar-refractivity contribution < 1.29 is 9.53 Å². The van der Waals surface area contributed by atoms with Crippen LogP contribution in [0.25, 0.3) is 0 Å². The van der Waals surface area contributed by atoms with Crippen molar-refractivity contribution in [1.82, 2.24) is 4.90 Å². The Morgan fingerprint density at radius 1 is 1.12 bits per heavy atom. The van der Waals surface area contributed by atoms with E-state index in [4.69, 9.17) is 16.3 Å². The molecule has 2 heterocycles. The highest BCUT2D eigenvalue weighted by molar-refractivity contribution is 7.10. The monoisotopic (exact) mass is 383 g/mol. The molecule has 5 heteroatoms. The number of thiophene rings is 1. The van der Waals surface area contributed by atoms with Crippen LogP contribution in [-0.4, -0.2) is 24.0 Å². The van der Waals surface area contributed by atoms with Crippen LogP contribution in [0.2, 0.25) is 5.02 Å². The van der Waals surface area contributed by atoms with E-state index in [2.05, 4.69) is 23.6 Å². The van der Waals surface area contributed by atoms with Crippen molar-refractivity contribution in [2.24, 2.45) is 0 Å². The number of para-hydroxylation sites is 1. The van der Waals surface area contributed by atoms with Crippen LogP contribution >= 0.6 is 22.9 Å². The van der Waals surface area contributed by atoms with Gasteiger partial charge in [0, 0.05) is 11.4 Å². The highest BCUT2D eigenvalue weighted by Gasteiger charge is 2.32. The molecule has 3 aromatic rings. The van der Waals surface area contributed by atoms with Crippen LogP contribution < -0.4 is 4.74 Å². The fraction of sp³-hybridized carbons (Fsp3) is 0.190. The minimum atomic E-state index is -0.0615. The zero-order chi connectivity index (χ0) is 17.9. The van der Waals surface area contributed by atoms with Gasteiger partial charge in [0.25, 0.3) is 5.91 Å². The first-order valence-electron chi connectivity index (χ1n) is 8.52. The molecule has 0 radical (unpaired) electrons. The van der Waals surface area contributed by atoms with E-state index in [0.717, 1.165) is 12.0 Å². The van der Waals surface area contributed by atoms with Crippen LogP contribution in [0.3, 0.4) is 0 Å². The summed E-state index contributed by atoms with van der Waals surface area (Å²) in [6.07, 6.45) is 0.883. The first-order chi connectivity index (χ1) is 12.7. The molecule has 1 aliphatic rings. The van der Waals surface area contributed by atoms with Crippen molar-refractivity contribution in [2.45, 2.75) is 12.5 Å².